The van der Waals surface area contributed by atoms with Crippen LogP contribution in [0.4, 0.5) is 13.2 Å². The standard InChI is InChI=1S/C20H17F3N4/c21-20(22,23)18-7-6-14(10-24-18)12-27-9-8-16-11-25-19(26-17(16)13-27)15-4-2-1-3-5-15/h1-7,10-11H,8-9,12-13H2. The summed E-state index contributed by atoms with van der Waals surface area (Å²) >= 11 is 0. The highest BCUT2D eigenvalue weighted by molar-refractivity contribution is 5.54. The summed E-state index contributed by atoms with van der Waals surface area (Å²) in [5, 5.41) is 0. The van der Waals surface area contributed by atoms with Crippen molar-refractivity contribution in [2.45, 2.75) is 25.7 Å². The van der Waals surface area contributed by atoms with Crippen molar-refractivity contribution in [1.82, 2.24) is 19.9 Å². The molecule has 4 nitrogen and oxygen atoms in total. The number of fused-ring (bicyclic) bond motifs is 1. The van der Waals surface area contributed by atoms with Gasteiger partial charge < -0.3 is 0 Å². The van der Waals surface area contributed by atoms with Crippen LogP contribution in [0.25, 0.3) is 11.4 Å². The maximum atomic E-state index is 12.6. The highest BCUT2D eigenvalue weighted by Crippen LogP contribution is 2.27. The molecular weight excluding hydrogens is 353 g/mol. The molecule has 0 N–H and O–H groups in total. The van der Waals surface area contributed by atoms with Gasteiger partial charge in [-0.3, -0.25) is 9.88 Å². The lowest BCUT2D eigenvalue weighted by Gasteiger charge is -2.28. The maximum absolute atomic E-state index is 12.6. The fraction of sp³-hybridized carbons (Fsp3) is 0.250. The second kappa shape index (κ2) is 7.08. The lowest BCUT2D eigenvalue weighted by Crippen LogP contribution is -2.31. The lowest BCUT2D eigenvalue weighted by molar-refractivity contribution is -0.141. The number of hydrogen-bond acceptors (Lipinski definition) is 4. The molecule has 0 radical (unpaired) electrons. The van der Waals surface area contributed by atoms with Crippen LogP contribution < -0.4 is 0 Å². The Labute approximate surface area is 154 Å². The van der Waals surface area contributed by atoms with E-state index >= 15 is 0 Å². The molecule has 0 spiro atoms. The van der Waals surface area contributed by atoms with Crippen LogP contribution in [-0.4, -0.2) is 26.4 Å². The first-order valence-corrected chi connectivity index (χ1v) is 8.64. The van der Waals surface area contributed by atoms with Crippen molar-refractivity contribution < 1.29 is 13.2 Å². The minimum atomic E-state index is -4.41. The molecule has 0 amide bonds. The zero-order valence-electron chi connectivity index (χ0n) is 14.4. The van der Waals surface area contributed by atoms with Crippen LogP contribution in [0.2, 0.25) is 0 Å². The molecule has 1 aromatic carbocycles. The summed E-state index contributed by atoms with van der Waals surface area (Å²) in [6, 6.07) is 12.3. The van der Waals surface area contributed by atoms with E-state index in [4.69, 9.17) is 4.98 Å². The first-order valence-electron chi connectivity index (χ1n) is 8.64. The van der Waals surface area contributed by atoms with E-state index in [0.717, 1.165) is 41.4 Å². The molecule has 2 aromatic heterocycles. The van der Waals surface area contributed by atoms with Gasteiger partial charge in [0.15, 0.2) is 5.82 Å². The Balaban J connectivity index is 1.49. The van der Waals surface area contributed by atoms with Crippen molar-refractivity contribution in [2.75, 3.05) is 6.54 Å². The van der Waals surface area contributed by atoms with E-state index in [1.54, 1.807) is 0 Å². The van der Waals surface area contributed by atoms with Crippen molar-refractivity contribution in [2.24, 2.45) is 0 Å². The van der Waals surface area contributed by atoms with E-state index in [2.05, 4.69) is 14.9 Å². The number of hydrogen-bond donors (Lipinski definition) is 0. The number of alkyl halides is 3. The highest BCUT2D eigenvalue weighted by atomic mass is 19.4. The molecule has 0 fully saturated rings. The SMILES string of the molecule is FC(F)(F)c1ccc(CN2CCc3cnc(-c4ccccc4)nc3C2)cn1. The largest absolute Gasteiger partial charge is 0.433 e. The number of nitrogens with zero attached hydrogens (tertiary/aromatic N) is 4. The summed E-state index contributed by atoms with van der Waals surface area (Å²) < 4.78 is 37.9. The van der Waals surface area contributed by atoms with Crippen molar-refractivity contribution in [3.05, 3.63) is 77.4 Å². The second-order valence-electron chi connectivity index (χ2n) is 6.54. The Morgan fingerprint density at radius 3 is 2.48 bits per heavy atom. The zero-order valence-corrected chi connectivity index (χ0v) is 14.4. The predicted octanol–water partition coefficient (Wildman–Crippen LogP) is 4.12. The third-order valence-electron chi connectivity index (χ3n) is 4.58. The predicted molar refractivity (Wildman–Crippen MR) is 94.5 cm³/mol. The smallest absolute Gasteiger partial charge is 0.293 e. The average molecular weight is 370 g/mol. The van der Waals surface area contributed by atoms with Crippen molar-refractivity contribution in [3.63, 3.8) is 0 Å². The van der Waals surface area contributed by atoms with Gasteiger partial charge in [0.1, 0.15) is 5.69 Å². The molecule has 3 aromatic rings. The van der Waals surface area contributed by atoms with Gasteiger partial charge in [0, 0.05) is 37.6 Å². The van der Waals surface area contributed by atoms with Gasteiger partial charge in [0.25, 0.3) is 0 Å². The van der Waals surface area contributed by atoms with Crippen LogP contribution in [0.1, 0.15) is 22.5 Å². The summed E-state index contributed by atoms with van der Waals surface area (Å²) in [6.45, 7) is 1.98. The van der Waals surface area contributed by atoms with Gasteiger partial charge >= 0.3 is 6.18 Å². The third-order valence-corrected chi connectivity index (χ3v) is 4.58. The summed E-state index contributed by atoms with van der Waals surface area (Å²) in [5.41, 5.74) is 2.94. The number of rotatable bonds is 3. The quantitative estimate of drug-likeness (QED) is 0.696. The van der Waals surface area contributed by atoms with Gasteiger partial charge in [-0.15, -0.1) is 0 Å². The van der Waals surface area contributed by atoms with Crippen molar-refractivity contribution in [3.8, 4) is 11.4 Å². The van der Waals surface area contributed by atoms with Gasteiger partial charge in [-0.2, -0.15) is 13.2 Å². The van der Waals surface area contributed by atoms with Crippen molar-refractivity contribution in [1.29, 1.82) is 0 Å². The monoisotopic (exact) mass is 370 g/mol. The molecule has 3 heterocycles. The number of aromatic nitrogens is 3. The van der Waals surface area contributed by atoms with Gasteiger partial charge in [-0.25, -0.2) is 9.97 Å². The van der Waals surface area contributed by atoms with E-state index in [1.807, 2.05) is 36.5 Å². The van der Waals surface area contributed by atoms with E-state index in [9.17, 15) is 13.2 Å². The third kappa shape index (κ3) is 3.98. The van der Waals surface area contributed by atoms with E-state index < -0.39 is 11.9 Å². The Kier molecular flexibility index (Phi) is 4.61. The minimum absolute atomic E-state index is 0.537. The molecule has 4 rings (SSSR count). The van der Waals surface area contributed by atoms with Gasteiger partial charge in [0.05, 0.1) is 5.69 Å². The fourth-order valence-corrected chi connectivity index (χ4v) is 3.16. The Morgan fingerprint density at radius 2 is 1.78 bits per heavy atom. The molecular formula is C20H17F3N4. The summed E-state index contributed by atoms with van der Waals surface area (Å²) in [7, 11) is 0. The summed E-state index contributed by atoms with van der Waals surface area (Å²) in [6.07, 6.45) is -0.415. The van der Waals surface area contributed by atoms with Gasteiger partial charge in [-0.05, 0) is 23.6 Å². The summed E-state index contributed by atoms with van der Waals surface area (Å²) in [5.74, 6) is 0.687. The van der Waals surface area contributed by atoms with E-state index in [-0.39, 0.29) is 0 Å². The normalized spacial score (nSPS) is 14.8. The Morgan fingerprint density at radius 1 is 0.963 bits per heavy atom. The van der Waals surface area contributed by atoms with E-state index in [1.165, 1.54) is 12.3 Å². The average Bonchev–Trinajstić information content (AvgIpc) is 2.68. The first-order chi connectivity index (χ1) is 13.0. The summed E-state index contributed by atoms with van der Waals surface area (Å²) in [4.78, 5) is 14.9. The number of pyridine rings is 1. The second-order valence-corrected chi connectivity index (χ2v) is 6.54. The molecule has 0 saturated heterocycles. The number of benzene rings is 1. The van der Waals surface area contributed by atoms with Crippen LogP contribution in [0.3, 0.4) is 0 Å². The molecule has 1 aliphatic heterocycles. The molecule has 0 aliphatic carbocycles. The zero-order chi connectivity index (χ0) is 18.9. The molecule has 7 heteroatoms. The molecule has 0 bridgehead atoms. The van der Waals surface area contributed by atoms with Gasteiger partial charge in [-0.1, -0.05) is 36.4 Å². The maximum Gasteiger partial charge on any atom is 0.433 e. The minimum Gasteiger partial charge on any atom is -0.293 e. The van der Waals surface area contributed by atoms with Crippen LogP contribution in [0, 0.1) is 0 Å². The topological polar surface area (TPSA) is 41.9 Å². The number of halogens is 3. The van der Waals surface area contributed by atoms with Crippen molar-refractivity contribution >= 4 is 0 Å². The lowest BCUT2D eigenvalue weighted by atomic mass is 10.1. The molecule has 138 valence electrons. The Bertz CT molecular complexity index is 924. The Hall–Kier alpha value is -2.80. The van der Waals surface area contributed by atoms with E-state index in [0.29, 0.717) is 18.9 Å². The molecule has 0 unspecified atom stereocenters. The molecule has 1 aliphatic rings. The molecule has 0 atom stereocenters. The first kappa shape index (κ1) is 17.6. The van der Waals surface area contributed by atoms with Crippen LogP contribution in [0.5, 0.6) is 0 Å². The van der Waals surface area contributed by atoms with Gasteiger partial charge in [0.2, 0.25) is 0 Å². The molecule has 27 heavy (non-hydrogen) atoms. The fourth-order valence-electron chi connectivity index (χ4n) is 3.16. The van der Waals surface area contributed by atoms with Crippen LogP contribution >= 0.6 is 0 Å². The molecule has 0 saturated carbocycles. The van der Waals surface area contributed by atoms with Crippen LogP contribution in [0.15, 0.2) is 54.9 Å². The highest BCUT2D eigenvalue weighted by Gasteiger charge is 2.32. The van der Waals surface area contributed by atoms with Crippen LogP contribution in [-0.2, 0) is 25.7 Å².